The molecule has 1 heterocycles. The number of rotatable bonds is 7. The smallest absolute Gasteiger partial charge is 0.119 e. The van der Waals surface area contributed by atoms with Crippen LogP contribution in [-0.2, 0) is 0 Å². The molecular weight excluding hydrogens is 274 g/mol. The Morgan fingerprint density at radius 1 is 1.00 bits per heavy atom. The maximum absolute atomic E-state index is 5.79. The van der Waals surface area contributed by atoms with Crippen LogP contribution in [-0.4, -0.2) is 26.3 Å². The maximum Gasteiger partial charge on any atom is 0.119 e. The van der Waals surface area contributed by atoms with Crippen LogP contribution in [0.2, 0.25) is 0 Å². The van der Waals surface area contributed by atoms with Crippen LogP contribution in [0.25, 0.3) is 0 Å². The van der Waals surface area contributed by atoms with Crippen molar-refractivity contribution in [2.24, 2.45) is 5.92 Å². The van der Waals surface area contributed by atoms with Gasteiger partial charge >= 0.3 is 0 Å². The average molecular weight is 300 g/mol. The molecule has 2 rings (SSSR count). The van der Waals surface area contributed by atoms with Crippen LogP contribution >= 0.6 is 12.4 Å². The molecule has 1 aliphatic heterocycles. The lowest BCUT2D eigenvalue weighted by Crippen LogP contribution is -2.28. The number of hydrogen-bond donors (Lipinski definition) is 1. The van der Waals surface area contributed by atoms with Crippen LogP contribution in [0.1, 0.15) is 32.6 Å². The van der Waals surface area contributed by atoms with Crippen molar-refractivity contribution in [3.8, 4) is 11.5 Å². The Kier molecular flexibility index (Phi) is 8.47. The van der Waals surface area contributed by atoms with Gasteiger partial charge in [0.05, 0.1) is 13.2 Å². The van der Waals surface area contributed by atoms with Crippen molar-refractivity contribution in [1.82, 2.24) is 5.32 Å². The van der Waals surface area contributed by atoms with E-state index in [4.69, 9.17) is 9.47 Å². The lowest BCUT2D eigenvalue weighted by Gasteiger charge is -2.22. The van der Waals surface area contributed by atoms with Crippen molar-refractivity contribution in [2.45, 2.75) is 32.6 Å². The molecule has 0 bridgehead atoms. The number of benzene rings is 1. The molecule has 1 aliphatic rings. The van der Waals surface area contributed by atoms with E-state index in [0.29, 0.717) is 0 Å². The fraction of sp³-hybridized carbons (Fsp3) is 0.625. The van der Waals surface area contributed by atoms with Crippen LogP contribution in [0, 0.1) is 5.92 Å². The molecule has 3 nitrogen and oxygen atoms in total. The molecule has 0 spiro atoms. The molecule has 0 saturated carbocycles. The summed E-state index contributed by atoms with van der Waals surface area (Å²) in [7, 11) is 0. The van der Waals surface area contributed by atoms with Crippen molar-refractivity contribution in [1.29, 1.82) is 0 Å². The van der Waals surface area contributed by atoms with Crippen molar-refractivity contribution in [2.75, 3.05) is 26.3 Å². The van der Waals surface area contributed by atoms with Crippen molar-refractivity contribution in [3.63, 3.8) is 0 Å². The maximum atomic E-state index is 5.79. The number of piperidine rings is 1. The number of ether oxygens (including phenoxy) is 2. The fourth-order valence-electron chi connectivity index (χ4n) is 2.37. The van der Waals surface area contributed by atoms with Crippen LogP contribution in [0.3, 0.4) is 0 Å². The van der Waals surface area contributed by atoms with E-state index in [0.717, 1.165) is 56.6 Å². The Morgan fingerprint density at radius 3 is 2.10 bits per heavy atom. The normalized spacial score (nSPS) is 15.4. The van der Waals surface area contributed by atoms with Gasteiger partial charge < -0.3 is 14.8 Å². The van der Waals surface area contributed by atoms with Gasteiger partial charge in [0.25, 0.3) is 0 Å². The summed E-state index contributed by atoms with van der Waals surface area (Å²) >= 11 is 0. The van der Waals surface area contributed by atoms with Crippen LogP contribution in [0.15, 0.2) is 24.3 Å². The number of hydrogen-bond acceptors (Lipinski definition) is 3. The highest BCUT2D eigenvalue weighted by Crippen LogP contribution is 2.20. The van der Waals surface area contributed by atoms with E-state index in [9.17, 15) is 0 Å². The Morgan fingerprint density at radius 2 is 1.55 bits per heavy atom. The molecule has 0 amide bonds. The van der Waals surface area contributed by atoms with Crippen molar-refractivity contribution >= 4 is 12.4 Å². The second-order valence-electron chi connectivity index (χ2n) is 5.15. The minimum absolute atomic E-state index is 0. The Labute approximate surface area is 128 Å². The molecular formula is C16H26ClNO2. The first kappa shape index (κ1) is 17.1. The molecule has 114 valence electrons. The van der Waals surface area contributed by atoms with E-state index >= 15 is 0 Å². The lowest BCUT2D eigenvalue weighted by atomic mass is 9.95. The summed E-state index contributed by atoms with van der Waals surface area (Å²) in [5, 5.41) is 3.39. The van der Waals surface area contributed by atoms with Crippen LogP contribution in [0.4, 0.5) is 0 Å². The molecule has 0 aliphatic carbocycles. The van der Waals surface area contributed by atoms with E-state index in [1.165, 1.54) is 12.8 Å². The Balaban J connectivity index is 0.00000200. The Bertz CT molecular complexity index is 350. The third kappa shape index (κ3) is 6.02. The quantitative estimate of drug-likeness (QED) is 0.833. The molecule has 1 aromatic rings. The van der Waals surface area contributed by atoms with Crippen LogP contribution < -0.4 is 14.8 Å². The van der Waals surface area contributed by atoms with Gasteiger partial charge in [0, 0.05) is 0 Å². The summed E-state index contributed by atoms with van der Waals surface area (Å²) in [6, 6.07) is 7.95. The molecule has 20 heavy (non-hydrogen) atoms. The van der Waals surface area contributed by atoms with Gasteiger partial charge in [-0.3, -0.25) is 0 Å². The minimum atomic E-state index is 0. The Hall–Kier alpha value is -0.930. The van der Waals surface area contributed by atoms with Gasteiger partial charge in [-0.1, -0.05) is 6.92 Å². The first-order valence-corrected chi connectivity index (χ1v) is 7.45. The zero-order valence-electron chi connectivity index (χ0n) is 12.3. The molecule has 1 aromatic carbocycles. The first-order chi connectivity index (χ1) is 9.38. The lowest BCUT2D eigenvalue weighted by molar-refractivity contribution is 0.251. The predicted molar refractivity (Wildman–Crippen MR) is 85.2 cm³/mol. The summed E-state index contributed by atoms with van der Waals surface area (Å²) in [6.07, 6.45) is 4.77. The SMILES string of the molecule is CCCOc1ccc(OCCC2CCNCC2)cc1.Cl. The highest BCUT2D eigenvalue weighted by molar-refractivity contribution is 5.85. The highest BCUT2D eigenvalue weighted by atomic mass is 35.5. The summed E-state index contributed by atoms with van der Waals surface area (Å²) in [5.74, 6) is 2.69. The molecule has 1 fully saturated rings. The zero-order chi connectivity index (χ0) is 13.3. The number of halogens is 1. The monoisotopic (exact) mass is 299 g/mol. The zero-order valence-corrected chi connectivity index (χ0v) is 13.1. The second-order valence-corrected chi connectivity index (χ2v) is 5.15. The summed E-state index contributed by atoms with van der Waals surface area (Å²) in [5.41, 5.74) is 0. The minimum Gasteiger partial charge on any atom is -0.494 e. The van der Waals surface area contributed by atoms with E-state index in [2.05, 4.69) is 12.2 Å². The van der Waals surface area contributed by atoms with Gasteiger partial charge in [-0.05, 0) is 69.0 Å². The van der Waals surface area contributed by atoms with Gasteiger partial charge in [0.15, 0.2) is 0 Å². The van der Waals surface area contributed by atoms with Gasteiger partial charge in [0.1, 0.15) is 11.5 Å². The summed E-state index contributed by atoms with van der Waals surface area (Å²) in [6.45, 7) is 6.02. The van der Waals surface area contributed by atoms with E-state index < -0.39 is 0 Å². The van der Waals surface area contributed by atoms with Gasteiger partial charge in [0.2, 0.25) is 0 Å². The molecule has 1 N–H and O–H groups in total. The summed E-state index contributed by atoms with van der Waals surface area (Å²) in [4.78, 5) is 0. The van der Waals surface area contributed by atoms with Crippen molar-refractivity contribution in [3.05, 3.63) is 24.3 Å². The second kappa shape index (κ2) is 9.89. The molecule has 4 heteroatoms. The molecule has 1 saturated heterocycles. The van der Waals surface area contributed by atoms with E-state index in [1.807, 2.05) is 24.3 Å². The van der Waals surface area contributed by atoms with Crippen molar-refractivity contribution < 1.29 is 9.47 Å². The standard InChI is InChI=1S/C16H25NO2.ClH/c1-2-12-18-15-3-5-16(6-4-15)19-13-9-14-7-10-17-11-8-14;/h3-6,14,17H,2,7-13H2,1H3;1H. The largest absolute Gasteiger partial charge is 0.494 e. The molecule has 0 aromatic heterocycles. The first-order valence-electron chi connectivity index (χ1n) is 7.45. The summed E-state index contributed by atoms with van der Waals surface area (Å²) < 4.78 is 11.3. The molecule has 0 atom stereocenters. The van der Waals surface area contributed by atoms with E-state index in [1.54, 1.807) is 0 Å². The van der Waals surface area contributed by atoms with E-state index in [-0.39, 0.29) is 12.4 Å². The number of nitrogens with one attached hydrogen (secondary N) is 1. The van der Waals surface area contributed by atoms with Gasteiger partial charge in [-0.15, -0.1) is 12.4 Å². The fourth-order valence-corrected chi connectivity index (χ4v) is 2.37. The predicted octanol–water partition coefficient (Wildman–Crippen LogP) is 3.67. The topological polar surface area (TPSA) is 30.5 Å². The highest BCUT2D eigenvalue weighted by Gasteiger charge is 2.12. The average Bonchev–Trinajstić information content (AvgIpc) is 2.47. The third-order valence-corrected chi connectivity index (χ3v) is 3.55. The van der Waals surface area contributed by atoms with Gasteiger partial charge in [-0.25, -0.2) is 0 Å². The third-order valence-electron chi connectivity index (χ3n) is 3.55. The molecule has 0 unspecified atom stereocenters. The molecule has 0 radical (unpaired) electrons. The van der Waals surface area contributed by atoms with Crippen LogP contribution in [0.5, 0.6) is 11.5 Å². The van der Waals surface area contributed by atoms with Gasteiger partial charge in [-0.2, -0.15) is 0 Å².